The van der Waals surface area contributed by atoms with E-state index in [4.69, 9.17) is 0 Å². The van der Waals surface area contributed by atoms with Gasteiger partial charge in [0.1, 0.15) is 17.2 Å². The quantitative estimate of drug-likeness (QED) is 0.429. The lowest BCUT2D eigenvalue weighted by atomic mass is 10.2. The standard InChI is InChI=1S/C14H23N3O2S/c1-4-6-11-13(15-8-5-2)16-10-17-14(11)20-9-7-12(18)19-3/h10H,4-9H2,1-3H3,(H,15,16,17). The predicted octanol–water partition coefficient (Wildman–Crippen LogP) is 2.91. The lowest BCUT2D eigenvalue weighted by molar-refractivity contribution is -0.140. The first-order valence-electron chi connectivity index (χ1n) is 7.00. The van der Waals surface area contributed by atoms with Gasteiger partial charge in [0.15, 0.2) is 0 Å². The van der Waals surface area contributed by atoms with Gasteiger partial charge in [-0.1, -0.05) is 20.3 Å². The molecule has 0 radical (unpaired) electrons. The van der Waals surface area contributed by atoms with Gasteiger partial charge in [-0.25, -0.2) is 9.97 Å². The summed E-state index contributed by atoms with van der Waals surface area (Å²) in [5.41, 5.74) is 1.15. The highest BCUT2D eigenvalue weighted by Gasteiger charge is 2.11. The van der Waals surface area contributed by atoms with E-state index in [1.807, 2.05) is 0 Å². The number of nitrogens with one attached hydrogen (secondary N) is 1. The first-order chi connectivity index (χ1) is 9.72. The summed E-state index contributed by atoms with van der Waals surface area (Å²) in [5, 5.41) is 4.30. The van der Waals surface area contributed by atoms with Gasteiger partial charge in [-0.05, 0) is 12.8 Å². The van der Waals surface area contributed by atoms with Gasteiger partial charge in [0, 0.05) is 17.9 Å². The number of esters is 1. The van der Waals surface area contributed by atoms with Crippen LogP contribution in [0, 0.1) is 0 Å². The molecule has 0 saturated carbocycles. The van der Waals surface area contributed by atoms with Crippen LogP contribution >= 0.6 is 11.8 Å². The Morgan fingerprint density at radius 3 is 2.80 bits per heavy atom. The number of thioether (sulfide) groups is 1. The van der Waals surface area contributed by atoms with Crippen molar-refractivity contribution in [3.63, 3.8) is 0 Å². The van der Waals surface area contributed by atoms with E-state index in [1.54, 1.807) is 18.1 Å². The lowest BCUT2D eigenvalue weighted by Gasteiger charge is -2.13. The van der Waals surface area contributed by atoms with Crippen LogP contribution in [0.25, 0.3) is 0 Å². The SMILES string of the molecule is CCCNc1ncnc(SCCC(=O)OC)c1CCC. The number of hydrogen-bond acceptors (Lipinski definition) is 6. The zero-order valence-corrected chi connectivity index (χ0v) is 13.3. The first-order valence-corrected chi connectivity index (χ1v) is 7.98. The van der Waals surface area contributed by atoms with E-state index in [0.29, 0.717) is 12.2 Å². The van der Waals surface area contributed by atoms with E-state index in [0.717, 1.165) is 42.2 Å². The molecule has 0 aliphatic carbocycles. The van der Waals surface area contributed by atoms with Gasteiger partial charge in [-0.2, -0.15) is 0 Å². The molecular weight excluding hydrogens is 274 g/mol. The second kappa shape index (κ2) is 9.58. The minimum absolute atomic E-state index is 0.187. The molecule has 0 spiro atoms. The number of ether oxygens (including phenoxy) is 1. The van der Waals surface area contributed by atoms with E-state index < -0.39 is 0 Å². The molecule has 20 heavy (non-hydrogen) atoms. The summed E-state index contributed by atoms with van der Waals surface area (Å²) in [6.45, 7) is 5.17. The van der Waals surface area contributed by atoms with Crippen LogP contribution in [-0.2, 0) is 16.0 Å². The van der Waals surface area contributed by atoms with Crippen LogP contribution in [-0.4, -0.2) is 35.3 Å². The van der Waals surface area contributed by atoms with Crippen LogP contribution in [0.5, 0.6) is 0 Å². The predicted molar refractivity (Wildman–Crippen MR) is 82.2 cm³/mol. The number of hydrogen-bond donors (Lipinski definition) is 1. The average molecular weight is 297 g/mol. The molecule has 1 aromatic rings. The van der Waals surface area contributed by atoms with Gasteiger partial charge < -0.3 is 10.1 Å². The summed E-state index contributed by atoms with van der Waals surface area (Å²) in [5.74, 6) is 1.41. The summed E-state index contributed by atoms with van der Waals surface area (Å²) < 4.78 is 4.65. The van der Waals surface area contributed by atoms with Crippen molar-refractivity contribution in [1.82, 2.24) is 9.97 Å². The molecule has 1 rings (SSSR count). The molecule has 0 amide bonds. The van der Waals surface area contributed by atoms with E-state index in [2.05, 4.69) is 33.9 Å². The van der Waals surface area contributed by atoms with Crippen LogP contribution in [0.15, 0.2) is 11.4 Å². The molecule has 0 atom stereocenters. The summed E-state index contributed by atoms with van der Waals surface area (Å²) >= 11 is 1.59. The van der Waals surface area contributed by atoms with Crippen LogP contribution in [0.4, 0.5) is 5.82 Å². The van der Waals surface area contributed by atoms with E-state index >= 15 is 0 Å². The van der Waals surface area contributed by atoms with Gasteiger partial charge in [0.2, 0.25) is 0 Å². The number of rotatable bonds is 9. The fraction of sp³-hybridized carbons (Fsp3) is 0.643. The number of anilines is 1. The lowest BCUT2D eigenvalue weighted by Crippen LogP contribution is -2.08. The van der Waals surface area contributed by atoms with E-state index in [1.165, 1.54) is 7.11 Å². The molecule has 112 valence electrons. The minimum Gasteiger partial charge on any atom is -0.469 e. The van der Waals surface area contributed by atoms with Crippen molar-refractivity contribution >= 4 is 23.5 Å². The van der Waals surface area contributed by atoms with Crippen molar-refractivity contribution in [3.8, 4) is 0 Å². The smallest absolute Gasteiger partial charge is 0.306 e. The molecular formula is C14H23N3O2S. The summed E-state index contributed by atoms with van der Waals surface area (Å²) in [6, 6.07) is 0. The summed E-state index contributed by atoms with van der Waals surface area (Å²) in [4.78, 5) is 19.8. The van der Waals surface area contributed by atoms with Gasteiger partial charge in [0.25, 0.3) is 0 Å². The van der Waals surface area contributed by atoms with Gasteiger partial charge >= 0.3 is 5.97 Å². The van der Waals surface area contributed by atoms with Crippen molar-refractivity contribution in [2.75, 3.05) is 24.7 Å². The molecule has 0 fully saturated rings. The largest absolute Gasteiger partial charge is 0.469 e. The number of nitrogens with zero attached hydrogens (tertiary/aromatic N) is 2. The molecule has 0 aromatic carbocycles. The third-order valence-corrected chi connectivity index (χ3v) is 3.75. The minimum atomic E-state index is -0.187. The Balaban J connectivity index is 2.74. The monoisotopic (exact) mass is 297 g/mol. The molecule has 0 unspecified atom stereocenters. The maximum atomic E-state index is 11.1. The fourth-order valence-corrected chi connectivity index (χ4v) is 2.68. The normalized spacial score (nSPS) is 10.3. The maximum Gasteiger partial charge on any atom is 0.306 e. The number of carbonyl (C=O) groups is 1. The Kier molecular flexibility index (Phi) is 8.02. The molecule has 6 heteroatoms. The number of methoxy groups -OCH3 is 1. The van der Waals surface area contributed by atoms with Crippen molar-refractivity contribution in [2.24, 2.45) is 0 Å². The zero-order valence-electron chi connectivity index (χ0n) is 12.4. The Hall–Kier alpha value is -1.30. The second-order valence-electron chi connectivity index (χ2n) is 4.36. The van der Waals surface area contributed by atoms with Crippen LogP contribution in [0.1, 0.15) is 38.7 Å². The van der Waals surface area contributed by atoms with E-state index in [-0.39, 0.29) is 5.97 Å². The molecule has 1 heterocycles. The second-order valence-corrected chi connectivity index (χ2v) is 5.44. The highest BCUT2D eigenvalue weighted by Crippen LogP contribution is 2.26. The third kappa shape index (κ3) is 5.36. The van der Waals surface area contributed by atoms with Crippen molar-refractivity contribution < 1.29 is 9.53 Å². The highest BCUT2D eigenvalue weighted by atomic mass is 32.2. The fourth-order valence-electron chi connectivity index (χ4n) is 1.72. The topological polar surface area (TPSA) is 64.1 Å². The zero-order chi connectivity index (χ0) is 14.8. The molecule has 5 nitrogen and oxygen atoms in total. The van der Waals surface area contributed by atoms with Crippen LogP contribution in [0.2, 0.25) is 0 Å². The molecule has 0 aliphatic rings. The first kappa shape index (κ1) is 16.8. The Bertz CT molecular complexity index is 427. The van der Waals surface area contributed by atoms with E-state index in [9.17, 15) is 4.79 Å². The molecule has 1 aromatic heterocycles. The molecule has 0 saturated heterocycles. The number of carbonyl (C=O) groups excluding carboxylic acids is 1. The Morgan fingerprint density at radius 1 is 1.35 bits per heavy atom. The Morgan fingerprint density at radius 2 is 2.15 bits per heavy atom. The number of aromatic nitrogens is 2. The Labute approximate surface area is 124 Å². The molecule has 0 bridgehead atoms. The maximum absolute atomic E-state index is 11.1. The van der Waals surface area contributed by atoms with Crippen molar-refractivity contribution in [2.45, 2.75) is 44.6 Å². The third-order valence-electron chi connectivity index (χ3n) is 2.72. The van der Waals surface area contributed by atoms with Gasteiger partial charge in [-0.3, -0.25) is 4.79 Å². The average Bonchev–Trinajstić information content (AvgIpc) is 2.47. The summed E-state index contributed by atoms with van der Waals surface area (Å²) in [6.07, 6.45) is 5.01. The molecule has 0 aliphatic heterocycles. The van der Waals surface area contributed by atoms with Crippen molar-refractivity contribution in [3.05, 3.63) is 11.9 Å². The van der Waals surface area contributed by atoms with Gasteiger partial charge in [-0.15, -0.1) is 11.8 Å². The van der Waals surface area contributed by atoms with Gasteiger partial charge in [0.05, 0.1) is 13.5 Å². The van der Waals surface area contributed by atoms with Crippen molar-refractivity contribution in [1.29, 1.82) is 0 Å². The summed E-state index contributed by atoms with van der Waals surface area (Å²) in [7, 11) is 1.41. The highest BCUT2D eigenvalue weighted by molar-refractivity contribution is 7.99. The van der Waals surface area contributed by atoms with Crippen LogP contribution in [0.3, 0.4) is 0 Å². The molecule has 1 N–H and O–H groups in total. The van der Waals surface area contributed by atoms with Crippen LogP contribution < -0.4 is 5.32 Å².